The van der Waals surface area contributed by atoms with Gasteiger partial charge in [-0.2, -0.15) is 5.10 Å². The van der Waals surface area contributed by atoms with E-state index in [0.717, 1.165) is 59.0 Å². The maximum atomic E-state index is 14.0. The van der Waals surface area contributed by atoms with E-state index in [-0.39, 0.29) is 5.82 Å². The lowest BCUT2D eigenvalue weighted by molar-refractivity contribution is 0.320. The van der Waals surface area contributed by atoms with Crippen molar-refractivity contribution in [2.45, 2.75) is 32.4 Å². The van der Waals surface area contributed by atoms with Gasteiger partial charge in [-0.15, -0.1) is 0 Å². The molecule has 7 heteroatoms. The predicted octanol–water partition coefficient (Wildman–Crippen LogP) is 4.40. The molecule has 1 aliphatic heterocycles. The van der Waals surface area contributed by atoms with Crippen LogP contribution in [-0.4, -0.2) is 38.2 Å². The number of hydrogen-bond donors (Lipinski definition) is 2. The van der Waals surface area contributed by atoms with E-state index >= 15 is 0 Å². The van der Waals surface area contributed by atoms with Crippen LogP contribution in [-0.2, 0) is 13.1 Å². The first kappa shape index (κ1) is 19.6. The second kappa shape index (κ2) is 8.43. The lowest BCUT2D eigenvalue weighted by Gasteiger charge is -2.16. The van der Waals surface area contributed by atoms with Crippen LogP contribution in [0.1, 0.15) is 35.0 Å². The number of nitrogens with one attached hydrogen (secondary N) is 2. The number of benzene rings is 1. The molecule has 158 valence electrons. The van der Waals surface area contributed by atoms with E-state index < -0.39 is 0 Å². The SMILES string of the molecule is Cc1cccc(CNc2n[nH]c3nc(C4CCN(Cc5ccccc5F)C4)ccc23)n1. The highest BCUT2D eigenvalue weighted by Gasteiger charge is 2.26. The summed E-state index contributed by atoms with van der Waals surface area (Å²) in [5.74, 6) is 0.987. The third-order valence-corrected chi connectivity index (χ3v) is 5.87. The summed E-state index contributed by atoms with van der Waals surface area (Å²) in [4.78, 5) is 11.6. The Labute approximate surface area is 180 Å². The molecule has 4 heterocycles. The molecule has 0 bridgehead atoms. The van der Waals surface area contributed by atoms with E-state index in [1.165, 1.54) is 6.07 Å². The minimum atomic E-state index is -0.135. The molecule has 0 radical (unpaired) electrons. The Balaban J connectivity index is 1.26. The molecule has 2 N–H and O–H groups in total. The molecule has 1 saturated heterocycles. The van der Waals surface area contributed by atoms with Crippen molar-refractivity contribution < 1.29 is 4.39 Å². The molecule has 5 rings (SSSR count). The second-order valence-electron chi connectivity index (χ2n) is 8.14. The average molecular weight is 417 g/mol. The summed E-state index contributed by atoms with van der Waals surface area (Å²) in [5.41, 5.74) is 4.56. The van der Waals surface area contributed by atoms with Crippen molar-refractivity contribution in [2.24, 2.45) is 0 Å². The highest BCUT2D eigenvalue weighted by atomic mass is 19.1. The largest absolute Gasteiger partial charge is 0.362 e. The number of hydrogen-bond acceptors (Lipinski definition) is 5. The van der Waals surface area contributed by atoms with Gasteiger partial charge < -0.3 is 5.32 Å². The number of nitrogens with zero attached hydrogens (tertiary/aromatic N) is 4. The van der Waals surface area contributed by atoms with E-state index in [4.69, 9.17) is 4.98 Å². The van der Waals surface area contributed by atoms with Gasteiger partial charge in [-0.1, -0.05) is 24.3 Å². The minimum Gasteiger partial charge on any atom is -0.362 e. The molecule has 1 aromatic carbocycles. The molecule has 31 heavy (non-hydrogen) atoms. The van der Waals surface area contributed by atoms with Gasteiger partial charge in [-0.3, -0.25) is 15.0 Å². The fourth-order valence-corrected chi connectivity index (χ4v) is 4.24. The lowest BCUT2D eigenvalue weighted by atomic mass is 10.0. The maximum absolute atomic E-state index is 14.0. The molecule has 1 aliphatic rings. The molecule has 6 nitrogen and oxygen atoms in total. The number of aromatic nitrogens is 4. The topological polar surface area (TPSA) is 69.7 Å². The number of halogens is 1. The summed E-state index contributed by atoms with van der Waals surface area (Å²) in [6, 6.07) is 17.2. The Morgan fingerprint density at radius 2 is 2.00 bits per heavy atom. The van der Waals surface area contributed by atoms with Crippen LogP contribution in [0.25, 0.3) is 11.0 Å². The first-order chi connectivity index (χ1) is 15.2. The fourth-order valence-electron chi connectivity index (χ4n) is 4.24. The molecule has 4 aromatic rings. The number of likely N-dealkylation sites (tertiary alicyclic amines) is 1. The monoisotopic (exact) mass is 416 g/mol. The predicted molar refractivity (Wildman–Crippen MR) is 119 cm³/mol. The number of fused-ring (bicyclic) bond motifs is 1. The van der Waals surface area contributed by atoms with Crippen LogP contribution in [0.4, 0.5) is 10.2 Å². The number of rotatable bonds is 6. The summed E-state index contributed by atoms with van der Waals surface area (Å²) in [5, 5.41) is 11.8. The highest BCUT2D eigenvalue weighted by Crippen LogP contribution is 2.29. The molecule has 1 atom stereocenters. The Kier molecular flexibility index (Phi) is 5.34. The molecule has 1 unspecified atom stereocenters. The van der Waals surface area contributed by atoms with Crippen molar-refractivity contribution in [3.8, 4) is 0 Å². The van der Waals surface area contributed by atoms with E-state index in [1.54, 1.807) is 6.07 Å². The van der Waals surface area contributed by atoms with Gasteiger partial charge in [0.1, 0.15) is 5.82 Å². The Hall–Kier alpha value is -3.32. The van der Waals surface area contributed by atoms with Crippen molar-refractivity contribution in [3.63, 3.8) is 0 Å². The average Bonchev–Trinajstić information content (AvgIpc) is 3.40. The van der Waals surface area contributed by atoms with Gasteiger partial charge in [0.25, 0.3) is 0 Å². The van der Waals surface area contributed by atoms with Crippen LogP contribution in [0.3, 0.4) is 0 Å². The lowest BCUT2D eigenvalue weighted by Crippen LogP contribution is -2.20. The molecule has 0 saturated carbocycles. The Morgan fingerprint density at radius 3 is 2.87 bits per heavy atom. The van der Waals surface area contributed by atoms with Crippen LogP contribution < -0.4 is 5.32 Å². The van der Waals surface area contributed by atoms with Gasteiger partial charge in [0.05, 0.1) is 17.6 Å². The van der Waals surface area contributed by atoms with Crippen LogP contribution in [0.2, 0.25) is 0 Å². The molecule has 0 aliphatic carbocycles. The first-order valence-corrected chi connectivity index (χ1v) is 10.6. The van der Waals surface area contributed by atoms with E-state index in [2.05, 4.69) is 37.5 Å². The third kappa shape index (κ3) is 4.27. The van der Waals surface area contributed by atoms with Crippen LogP contribution >= 0.6 is 0 Å². The molecule has 1 fully saturated rings. The smallest absolute Gasteiger partial charge is 0.157 e. The number of aromatic amines is 1. The maximum Gasteiger partial charge on any atom is 0.157 e. The molecule has 0 amide bonds. The Bertz CT molecular complexity index is 1200. The first-order valence-electron chi connectivity index (χ1n) is 10.6. The molecular formula is C24H25FN6. The van der Waals surface area contributed by atoms with Gasteiger partial charge in [-0.25, -0.2) is 9.37 Å². The highest BCUT2D eigenvalue weighted by molar-refractivity contribution is 5.87. The zero-order valence-corrected chi connectivity index (χ0v) is 17.5. The fraction of sp³-hybridized carbons (Fsp3) is 0.292. The summed E-state index contributed by atoms with van der Waals surface area (Å²) >= 11 is 0. The number of anilines is 1. The van der Waals surface area contributed by atoms with Crippen LogP contribution in [0.15, 0.2) is 54.6 Å². The van der Waals surface area contributed by atoms with Gasteiger partial charge in [-0.05, 0) is 50.2 Å². The number of pyridine rings is 2. The number of H-pyrrole nitrogens is 1. The summed E-state index contributed by atoms with van der Waals surface area (Å²) in [7, 11) is 0. The van der Waals surface area contributed by atoms with E-state index in [0.29, 0.717) is 19.0 Å². The molecule has 3 aromatic heterocycles. The summed E-state index contributed by atoms with van der Waals surface area (Å²) in [6.07, 6.45) is 1.02. The number of aryl methyl sites for hydroxylation is 1. The standard InChI is InChI=1S/C24H25FN6/c1-16-5-4-7-19(27-16)13-26-23-20-9-10-22(28-24(20)30-29-23)18-11-12-31(15-18)14-17-6-2-3-8-21(17)25/h2-10,18H,11-15H2,1H3,(H2,26,28,29,30). The molecular weight excluding hydrogens is 391 g/mol. The van der Waals surface area contributed by atoms with E-state index in [1.807, 2.05) is 37.3 Å². The van der Waals surface area contributed by atoms with E-state index in [9.17, 15) is 4.39 Å². The van der Waals surface area contributed by atoms with Crippen molar-refractivity contribution in [3.05, 3.63) is 83.1 Å². The van der Waals surface area contributed by atoms with Crippen molar-refractivity contribution in [2.75, 3.05) is 18.4 Å². The van der Waals surface area contributed by atoms with Crippen LogP contribution in [0.5, 0.6) is 0 Å². The quantitative estimate of drug-likeness (QED) is 0.488. The third-order valence-electron chi connectivity index (χ3n) is 5.87. The van der Waals surface area contributed by atoms with Gasteiger partial charge in [0.15, 0.2) is 11.5 Å². The summed E-state index contributed by atoms with van der Waals surface area (Å²) < 4.78 is 14.0. The van der Waals surface area contributed by atoms with Crippen molar-refractivity contribution in [1.82, 2.24) is 25.1 Å². The minimum absolute atomic E-state index is 0.135. The van der Waals surface area contributed by atoms with Crippen molar-refractivity contribution >= 4 is 16.9 Å². The summed E-state index contributed by atoms with van der Waals surface area (Å²) in [6.45, 7) is 5.05. The zero-order chi connectivity index (χ0) is 21.2. The van der Waals surface area contributed by atoms with Gasteiger partial charge in [0, 0.05) is 36.0 Å². The van der Waals surface area contributed by atoms with Gasteiger partial charge >= 0.3 is 0 Å². The van der Waals surface area contributed by atoms with Crippen LogP contribution in [0, 0.1) is 12.7 Å². The zero-order valence-electron chi connectivity index (χ0n) is 17.5. The Morgan fingerprint density at radius 1 is 1.10 bits per heavy atom. The normalized spacial score (nSPS) is 16.8. The van der Waals surface area contributed by atoms with Crippen molar-refractivity contribution in [1.29, 1.82) is 0 Å². The molecule has 0 spiro atoms. The van der Waals surface area contributed by atoms with Gasteiger partial charge in [0.2, 0.25) is 0 Å². The second-order valence-corrected chi connectivity index (χ2v) is 8.14.